The van der Waals surface area contributed by atoms with E-state index in [1.54, 1.807) is 11.0 Å². The summed E-state index contributed by atoms with van der Waals surface area (Å²) in [7, 11) is 0. The summed E-state index contributed by atoms with van der Waals surface area (Å²) in [6.45, 7) is 4.39. The van der Waals surface area contributed by atoms with E-state index in [1.165, 1.54) is 12.8 Å². The maximum absolute atomic E-state index is 14.3. The molecular formula is C37H39NO5. The van der Waals surface area contributed by atoms with Gasteiger partial charge in [0.1, 0.15) is 0 Å². The largest absolute Gasteiger partial charge is 0.389 e. The number of benzene rings is 1. The van der Waals surface area contributed by atoms with Gasteiger partial charge in [0.2, 0.25) is 5.91 Å². The topological polar surface area (TPSA) is 80.8 Å². The Hall–Kier alpha value is -3.80. The van der Waals surface area contributed by atoms with Crippen molar-refractivity contribution in [1.82, 2.24) is 4.90 Å². The lowest BCUT2D eigenvalue weighted by Gasteiger charge is -2.45. The molecular weight excluding hydrogens is 538 g/mol. The minimum Gasteiger partial charge on any atom is -0.389 e. The monoisotopic (exact) mass is 577 g/mol. The highest BCUT2D eigenvalue weighted by Crippen LogP contribution is 2.49. The highest BCUT2D eigenvalue weighted by atomic mass is 16.6. The molecule has 4 unspecified atom stereocenters. The molecule has 6 nitrogen and oxygen atoms in total. The first-order chi connectivity index (χ1) is 21.0. The Morgan fingerprint density at radius 1 is 0.698 bits per heavy atom. The first-order valence-corrected chi connectivity index (χ1v) is 16.3. The van der Waals surface area contributed by atoms with E-state index in [-0.39, 0.29) is 29.7 Å². The molecule has 2 aliphatic heterocycles. The number of amides is 2. The molecule has 2 amide bonds. The lowest BCUT2D eigenvalue weighted by molar-refractivity contribution is -0.163. The maximum atomic E-state index is 14.3. The van der Waals surface area contributed by atoms with Gasteiger partial charge in [-0.2, -0.15) is 0 Å². The van der Waals surface area contributed by atoms with Crippen LogP contribution in [0.3, 0.4) is 0 Å². The van der Waals surface area contributed by atoms with Crippen LogP contribution >= 0.6 is 0 Å². The average Bonchev–Trinajstić information content (AvgIpc) is 3.01. The van der Waals surface area contributed by atoms with E-state index in [2.05, 4.69) is 13.8 Å². The highest BCUT2D eigenvalue weighted by molar-refractivity contribution is 6.12. The number of nitrogens with zero attached hydrogens (tertiary/aromatic N) is 1. The van der Waals surface area contributed by atoms with Crippen LogP contribution in [0.4, 0.5) is 0 Å². The summed E-state index contributed by atoms with van der Waals surface area (Å²) in [5.41, 5.74) is 5.14. The number of rotatable bonds is 11. The molecule has 0 spiro atoms. The second-order valence-corrected chi connectivity index (χ2v) is 12.9. The first-order valence-electron chi connectivity index (χ1n) is 16.3. The molecule has 7 rings (SSSR count). The van der Waals surface area contributed by atoms with Crippen LogP contribution in [0.5, 0.6) is 0 Å². The molecule has 1 aromatic rings. The second kappa shape index (κ2) is 11.0. The van der Waals surface area contributed by atoms with Gasteiger partial charge in [0.25, 0.3) is 5.91 Å². The smallest absolute Gasteiger partial charge is 0.342 e. The zero-order chi connectivity index (χ0) is 29.8. The molecule has 1 aromatic carbocycles. The van der Waals surface area contributed by atoms with Crippen LogP contribution in [0.2, 0.25) is 0 Å². The highest BCUT2D eigenvalue weighted by Gasteiger charge is 2.51. The van der Waals surface area contributed by atoms with E-state index < -0.39 is 23.8 Å². The van der Waals surface area contributed by atoms with Crippen molar-refractivity contribution in [2.45, 2.75) is 95.9 Å². The van der Waals surface area contributed by atoms with Crippen LogP contribution in [-0.4, -0.2) is 34.7 Å². The Morgan fingerprint density at radius 3 is 1.86 bits per heavy atom. The number of cyclic esters (lactones) is 2. The molecule has 0 radical (unpaired) electrons. The van der Waals surface area contributed by atoms with E-state index in [4.69, 9.17) is 4.74 Å². The Bertz CT molecular complexity index is 1680. The Balaban J connectivity index is 1.32. The SMILES string of the molecule is CCCCCCC(CCCCCC)N1C(=O)C2=CC=c3c4c(c5c6c3=CC=C3C(=O)OC(=O)C(C=C5)C36)C=CC(C1=O)C24. The Kier molecular flexibility index (Phi) is 7.19. The molecule has 6 aliphatic rings. The molecule has 4 aliphatic carbocycles. The van der Waals surface area contributed by atoms with Crippen LogP contribution in [0, 0.1) is 11.8 Å². The summed E-state index contributed by atoms with van der Waals surface area (Å²) in [6, 6.07) is -0.0724. The molecule has 0 saturated carbocycles. The number of carbonyl (C=O) groups excluding carboxylic acids is 4. The number of hydrogen-bond acceptors (Lipinski definition) is 5. The van der Waals surface area contributed by atoms with E-state index in [0.29, 0.717) is 11.1 Å². The number of unbranched alkanes of at least 4 members (excludes halogenated alkanes) is 6. The van der Waals surface area contributed by atoms with Crippen LogP contribution < -0.4 is 10.4 Å². The van der Waals surface area contributed by atoms with Gasteiger partial charge in [0.15, 0.2) is 0 Å². The maximum Gasteiger partial charge on any atom is 0.342 e. The van der Waals surface area contributed by atoms with Gasteiger partial charge in [-0.3, -0.25) is 19.3 Å². The molecule has 2 heterocycles. The minimum atomic E-state index is -0.579. The fourth-order valence-electron chi connectivity index (χ4n) is 8.31. The minimum absolute atomic E-state index is 0.0724. The van der Waals surface area contributed by atoms with Crippen molar-refractivity contribution in [2.24, 2.45) is 11.8 Å². The second-order valence-electron chi connectivity index (χ2n) is 12.9. The predicted molar refractivity (Wildman–Crippen MR) is 166 cm³/mol. The van der Waals surface area contributed by atoms with Crippen molar-refractivity contribution >= 4 is 48.1 Å². The number of hydrogen-bond donors (Lipinski definition) is 0. The van der Waals surface area contributed by atoms with Crippen LogP contribution in [-0.2, 0) is 23.9 Å². The van der Waals surface area contributed by atoms with Gasteiger partial charge >= 0.3 is 11.9 Å². The van der Waals surface area contributed by atoms with Crippen molar-refractivity contribution < 1.29 is 23.9 Å². The van der Waals surface area contributed by atoms with Gasteiger partial charge in [-0.25, -0.2) is 4.79 Å². The molecule has 0 aromatic heterocycles. The van der Waals surface area contributed by atoms with Crippen LogP contribution in [0.1, 0.15) is 112 Å². The number of ether oxygens (including phenoxy) is 1. The van der Waals surface area contributed by atoms with Crippen molar-refractivity contribution in [3.63, 3.8) is 0 Å². The van der Waals surface area contributed by atoms with Gasteiger partial charge in [0.05, 0.1) is 11.8 Å². The number of carbonyl (C=O) groups is 4. The molecule has 0 bridgehead atoms. The van der Waals surface area contributed by atoms with Crippen molar-refractivity contribution in [3.8, 4) is 0 Å². The summed E-state index contributed by atoms with van der Waals surface area (Å²) < 4.78 is 5.05. The lowest BCUT2D eigenvalue weighted by atomic mass is 9.64. The molecule has 0 N–H and O–H groups in total. The summed E-state index contributed by atoms with van der Waals surface area (Å²) >= 11 is 0. The standard InChI is InChI=1S/C37H39NO5/c1-3-5-7-9-11-21(12-10-8-6-4-2)38-34(39)26-17-13-22-24-15-19-28-33-29(37(42)43-36(28)41)20-16-25(31(24)33)23-14-18-27(35(38)40)32(26)30(22)23/h13-21,26,28,32-33H,3-12H2,1-2H3. The Labute approximate surface area is 252 Å². The number of allylic oxidation sites excluding steroid dienone is 2. The molecule has 2 saturated heterocycles. The number of piperidine rings is 1. The average molecular weight is 578 g/mol. The molecule has 43 heavy (non-hydrogen) atoms. The zero-order valence-corrected chi connectivity index (χ0v) is 25.1. The van der Waals surface area contributed by atoms with E-state index in [0.717, 1.165) is 84.1 Å². The predicted octanol–water partition coefficient (Wildman–Crippen LogP) is 5.34. The summed E-state index contributed by atoms with van der Waals surface area (Å²) in [6.07, 6.45) is 26.2. The lowest BCUT2D eigenvalue weighted by Crippen LogP contribution is -2.56. The first kappa shape index (κ1) is 28.0. The Morgan fingerprint density at radius 2 is 1.26 bits per heavy atom. The molecule has 2 fully saturated rings. The fraction of sp³-hybridized carbons (Fsp3) is 0.459. The van der Waals surface area contributed by atoms with Gasteiger partial charge in [-0.05, 0) is 45.5 Å². The summed E-state index contributed by atoms with van der Waals surface area (Å²) in [5.74, 6) is -2.99. The van der Waals surface area contributed by atoms with Crippen molar-refractivity contribution in [3.05, 3.63) is 68.1 Å². The normalized spacial score (nSPS) is 25.5. The van der Waals surface area contributed by atoms with Gasteiger partial charge in [-0.15, -0.1) is 0 Å². The van der Waals surface area contributed by atoms with Gasteiger partial charge < -0.3 is 4.74 Å². The number of likely N-dealkylation sites (tertiary alicyclic amines) is 1. The van der Waals surface area contributed by atoms with E-state index >= 15 is 0 Å². The summed E-state index contributed by atoms with van der Waals surface area (Å²) in [5, 5.41) is 1.95. The van der Waals surface area contributed by atoms with Crippen molar-refractivity contribution in [2.75, 3.05) is 0 Å². The van der Waals surface area contributed by atoms with E-state index in [1.807, 2.05) is 42.5 Å². The third-order valence-corrected chi connectivity index (χ3v) is 10.4. The molecule has 6 heteroatoms. The van der Waals surface area contributed by atoms with Crippen molar-refractivity contribution in [1.29, 1.82) is 0 Å². The quantitative estimate of drug-likeness (QED) is 0.154. The number of esters is 2. The van der Waals surface area contributed by atoms with E-state index in [9.17, 15) is 19.2 Å². The molecule has 4 atom stereocenters. The third kappa shape index (κ3) is 4.28. The van der Waals surface area contributed by atoms with Gasteiger partial charge in [0, 0.05) is 29.0 Å². The number of imide groups is 1. The fourth-order valence-corrected chi connectivity index (χ4v) is 8.31. The zero-order valence-electron chi connectivity index (χ0n) is 25.1. The number of fused-ring (bicyclic) bond motifs is 2. The summed E-state index contributed by atoms with van der Waals surface area (Å²) in [4.78, 5) is 55.5. The van der Waals surface area contributed by atoms with Gasteiger partial charge in [-0.1, -0.05) is 114 Å². The third-order valence-electron chi connectivity index (χ3n) is 10.4. The van der Waals surface area contributed by atoms with Crippen LogP contribution in [0.25, 0.3) is 24.3 Å². The van der Waals surface area contributed by atoms with Crippen LogP contribution in [0.15, 0.2) is 35.5 Å². The molecule has 222 valence electrons.